The number of methoxy groups -OCH3 is 1. The molecule has 14 heavy (non-hydrogen) atoms. The molecule has 1 unspecified atom stereocenters. The minimum Gasteiger partial charge on any atom is -0.469 e. The molecule has 2 nitrogen and oxygen atoms in total. The van der Waals surface area contributed by atoms with Gasteiger partial charge in [0, 0.05) is 10.6 Å². The normalized spacial score (nSPS) is 12.3. The van der Waals surface area contributed by atoms with E-state index in [1.165, 1.54) is 19.2 Å². The molecular weight excluding hydrogens is 207 g/mol. The van der Waals surface area contributed by atoms with Crippen LogP contribution in [0.3, 0.4) is 0 Å². The lowest BCUT2D eigenvalue weighted by Gasteiger charge is -2.11. The van der Waals surface area contributed by atoms with E-state index in [9.17, 15) is 9.18 Å². The molecule has 1 aromatic carbocycles. The molecule has 0 fully saturated rings. The molecule has 0 amide bonds. The fraction of sp³-hybridized carbons (Fsp3) is 0.300. The number of ether oxygens (including phenoxy) is 1. The third kappa shape index (κ3) is 2.04. The van der Waals surface area contributed by atoms with E-state index >= 15 is 0 Å². The largest absolute Gasteiger partial charge is 0.469 e. The van der Waals surface area contributed by atoms with Crippen LogP contribution >= 0.6 is 11.6 Å². The Balaban J connectivity index is 3.11. The van der Waals surface area contributed by atoms with Crippen molar-refractivity contribution in [1.29, 1.82) is 0 Å². The van der Waals surface area contributed by atoms with E-state index in [2.05, 4.69) is 4.74 Å². The van der Waals surface area contributed by atoms with Crippen LogP contribution in [0.2, 0.25) is 5.02 Å². The van der Waals surface area contributed by atoms with Gasteiger partial charge in [0.2, 0.25) is 0 Å². The molecule has 76 valence electrons. The first-order chi connectivity index (χ1) is 6.57. The molecule has 0 aliphatic rings. The molecule has 1 rings (SSSR count). The summed E-state index contributed by atoms with van der Waals surface area (Å²) in [5.41, 5.74) is 0.181. The number of benzene rings is 1. The summed E-state index contributed by atoms with van der Waals surface area (Å²) < 4.78 is 17.8. The second-order valence-electron chi connectivity index (χ2n) is 2.88. The van der Waals surface area contributed by atoms with E-state index in [4.69, 9.17) is 11.6 Å². The van der Waals surface area contributed by atoms with Crippen molar-refractivity contribution >= 4 is 17.6 Å². The van der Waals surface area contributed by atoms with Gasteiger partial charge in [-0.1, -0.05) is 17.7 Å². The number of carbonyl (C=O) groups is 1. The number of hydrogen-bond donors (Lipinski definition) is 0. The van der Waals surface area contributed by atoms with Crippen molar-refractivity contribution in [2.45, 2.75) is 12.8 Å². The minimum atomic E-state index is -0.686. The topological polar surface area (TPSA) is 26.3 Å². The van der Waals surface area contributed by atoms with Crippen LogP contribution in [0.5, 0.6) is 0 Å². The van der Waals surface area contributed by atoms with Crippen LogP contribution in [0, 0.1) is 5.82 Å². The SMILES string of the molecule is COC(=O)C(C)c1c(F)cccc1Cl. The molecule has 1 aromatic rings. The fourth-order valence-corrected chi connectivity index (χ4v) is 1.55. The van der Waals surface area contributed by atoms with Gasteiger partial charge < -0.3 is 4.74 Å². The van der Waals surface area contributed by atoms with Crippen molar-refractivity contribution in [3.8, 4) is 0 Å². The molecule has 0 heterocycles. The smallest absolute Gasteiger partial charge is 0.313 e. The first-order valence-electron chi connectivity index (χ1n) is 4.09. The van der Waals surface area contributed by atoms with Crippen LogP contribution < -0.4 is 0 Å². The molecule has 0 aliphatic heterocycles. The van der Waals surface area contributed by atoms with Gasteiger partial charge in [0.25, 0.3) is 0 Å². The number of carbonyl (C=O) groups excluding carboxylic acids is 1. The van der Waals surface area contributed by atoms with Crippen molar-refractivity contribution < 1.29 is 13.9 Å². The van der Waals surface area contributed by atoms with Gasteiger partial charge in [0.05, 0.1) is 13.0 Å². The monoisotopic (exact) mass is 216 g/mol. The van der Waals surface area contributed by atoms with Crippen molar-refractivity contribution in [2.24, 2.45) is 0 Å². The minimum absolute atomic E-state index is 0.181. The van der Waals surface area contributed by atoms with Crippen molar-refractivity contribution in [2.75, 3.05) is 7.11 Å². The second kappa shape index (κ2) is 4.42. The first-order valence-corrected chi connectivity index (χ1v) is 4.47. The van der Waals surface area contributed by atoms with Gasteiger partial charge in [-0.15, -0.1) is 0 Å². The maximum absolute atomic E-state index is 13.3. The first kappa shape index (κ1) is 11.0. The average Bonchev–Trinajstić information content (AvgIpc) is 2.16. The summed E-state index contributed by atoms with van der Waals surface area (Å²) in [4.78, 5) is 11.2. The van der Waals surface area contributed by atoms with E-state index < -0.39 is 17.7 Å². The highest BCUT2D eigenvalue weighted by Gasteiger charge is 2.21. The molecule has 0 spiro atoms. The molecule has 0 aromatic heterocycles. The highest BCUT2D eigenvalue weighted by atomic mass is 35.5. The summed E-state index contributed by atoms with van der Waals surface area (Å²) in [7, 11) is 1.26. The predicted octanol–water partition coefficient (Wildman–Crippen LogP) is 2.76. The Bertz CT molecular complexity index is 332. The standard InChI is InChI=1S/C10H10ClFO2/c1-6(10(13)14-2)9-7(11)4-3-5-8(9)12/h3-6H,1-2H3. The molecule has 0 N–H and O–H groups in total. The molecule has 0 saturated carbocycles. The van der Waals surface area contributed by atoms with Crippen LogP contribution in [0.4, 0.5) is 4.39 Å². The Labute approximate surface area is 86.6 Å². The maximum Gasteiger partial charge on any atom is 0.313 e. The summed E-state index contributed by atoms with van der Waals surface area (Å²) in [5.74, 6) is -1.68. The maximum atomic E-state index is 13.3. The van der Waals surface area contributed by atoms with E-state index in [1.54, 1.807) is 13.0 Å². The number of hydrogen-bond acceptors (Lipinski definition) is 2. The molecular formula is C10H10ClFO2. The number of halogens is 2. The van der Waals surface area contributed by atoms with Crippen molar-refractivity contribution in [1.82, 2.24) is 0 Å². The quantitative estimate of drug-likeness (QED) is 0.711. The Kier molecular flexibility index (Phi) is 3.47. The fourth-order valence-electron chi connectivity index (χ4n) is 1.22. The zero-order valence-corrected chi connectivity index (χ0v) is 8.64. The van der Waals surface area contributed by atoms with E-state index in [0.29, 0.717) is 0 Å². The zero-order chi connectivity index (χ0) is 10.7. The van der Waals surface area contributed by atoms with Crippen LogP contribution in [0.25, 0.3) is 0 Å². The lowest BCUT2D eigenvalue weighted by Crippen LogP contribution is -2.12. The van der Waals surface area contributed by atoms with Gasteiger partial charge in [-0.05, 0) is 19.1 Å². The molecule has 4 heteroatoms. The molecule has 0 aliphatic carbocycles. The van der Waals surface area contributed by atoms with Gasteiger partial charge >= 0.3 is 5.97 Å². The van der Waals surface area contributed by atoms with Gasteiger partial charge in [0.1, 0.15) is 5.82 Å². The van der Waals surface area contributed by atoms with Gasteiger partial charge in [-0.3, -0.25) is 4.79 Å². The Morgan fingerprint density at radius 1 is 1.57 bits per heavy atom. The summed E-state index contributed by atoms with van der Waals surface area (Å²) in [6.07, 6.45) is 0. The predicted molar refractivity (Wildman–Crippen MR) is 51.8 cm³/mol. The third-order valence-electron chi connectivity index (χ3n) is 1.99. The van der Waals surface area contributed by atoms with E-state index in [1.807, 2.05) is 0 Å². The van der Waals surface area contributed by atoms with Crippen LogP contribution in [0.15, 0.2) is 18.2 Å². The lowest BCUT2D eigenvalue weighted by atomic mass is 10.0. The number of rotatable bonds is 2. The summed E-state index contributed by atoms with van der Waals surface area (Å²) in [6, 6.07) is 4.30. The Morgan fingerprint density at radius 2 is 2.21 bits per heavy atom. The second-order valence-corrected chi connectivity index (χ2v) is 3.29. The Hall–Kier alpha value is -1.09. The molecule has 0 radical (unpaired) electrons. The van der Waals surface area contributed by atoms with Crippen LogP contribution in [0.1, 0.15) is 18.4 Å². The Morgan fingerprint density at radius 3 is 2.71 bits per heavy atom. The van der Waals surface area contributed by atoms with Crippen molar-refractivity contribution in [3.05, 3.63) is 34.6 Å². The number of esters is 1. The van der Waals surface area contributed by atoms with Crippen LogP contribution in [-0.2, 0) is 9.53 Å². The average molecular weight is 217 g/mol. The summed E-state index contributed by atoms with van der Waals surface area (Å²) in [6.45, 7) is 1.55. The highest BCUT2D eigenvalue weighted by molar-refractivity contribution is 6.31. The van der Waals surface area contributed by atoms with Gasteiger partial charge in [0.15, 0.2) is 0 Å². The third-order valence-corrected chi connectivity index (χ3v) is 2.32. The zero-order valence-electron chi connectivity index (χ0n) is 7.88. The highest BCUT2D eigenvalue weighted by Crippen LogP contribution is 2.27. The summed E-state index contributed by atoms with van der Waals surface area (Å²) >= 11 is 5.78. The molecule has 0 saturated heterocycles. The van der Waals surface area contributed by atoms with Gasteiger partial charge in [-0.2, -0.15) is 0 Å². The van der Waals surface area contributed by atoms with E-state index in [0.717, 1.165) is 0 Å². The lowest BCUT2D eigenvalue weighted by molar-refractivity contribution is -0.142. The van der Waals surface area contributed by atoms with Gasteiger partial charge in [-0.25, -0.2) is 4.39 Å². The molecule has 1 atom stereocenters. The van der Waals surface area contributed by atoms with Crippen LogP contribution in [-0.4, -0.2) is 13.1 Å². The van der Waals surface area contributed by atoms with E-state index in [-0.39, 0.29) is 10.6 Å². The summed E-state index contributed by atoms with van der Waals surface area (Å²) in [5, 5.41) is 0.239. The molecule has 0 bridgehead atoms. The van der Waals surface area contributed by atoms with Crippen molar-refractivity contribution in [3.63, 3.8) is 0 Å².